The monoisotopic (exact) mass is 413 g/mol. The van der Waals surface area contributed by atoms with Crippen LogP contribution in [0.15, 0.2) is 75.9 Å². The van der Waals surface area contributed by atoms with Crippen LogP contribution in [0, 0.1) is 12.7 Å². The number of amides is 1. The molecule has 1 atom stereocenters. The van der Waals surface area contributed by atoms with Crippen LogP contribution in [0.25, 0.3) is 11.0 Å². The SMILES string of the molecule is CCc1ccc(C2c3c(oc4ccc(C)cc4c3=O)C(=O)N2c2ccc(F)cc2)cc1. The van der Waals surface area contributed by atoms with Gasteiger partial charge in [-0.2, -0.15) is 0 Å². The van der Waals surface area contributed by atoms with Crippen molar-refractivity contribution in [3.05, 3.63) is 111 Å². The summed E-state index contributed by atoms with van der Waals surface area (Å²) in [5.74, 6) is -0.770. The van der Waals surface area contributed by atoms with Gasteiger partial charge in [0.1, 0.15) is 11.4 Å². The van der Waals surface area contributed by atoms with E-state index in [0.29, 0.717) is 22.2 Å². The molecule has 0 bridgehead atoms. The van der Waals surface area contributed by atoms with Crippen LogP contribution < -0.4 is 10.3 Å². The second-order valence-corrected chi connectivity index (χ2v) is 7.82. The van der Waals surface area contributed by atoms with Crippen molar-refractivity contribution in [3.63, 3.8) is 0 Å². The summed E-state index contributed by atoms with van der Waals surface area (Å²) < 4.78 is 19.5. The Morgan fingerprint density at radius 2 is 1.68 bits per heavy atom. The molecular formula is C26H20FNO3. The summed E-state index contributed by atoms with van der Waals surface area (Å²) in [6.07, 6.45) is 0.883. The number of anilines is 1. The Hall–Kier alpha value is -3.73. The van der Waals surface area contributed by atoms with Crippen molar-refractivity contribution < 1.29 is 13.6 Å². The van der Waals surface area contributed by atoms with Gasteiger partial charge in [-0.25, -0.2) is 4.39 Å². The van der Waals surface area contributed by atoms with E-state index in [2.05, 4.69) is 6.92 Å². The number of fused-ring (bicyclic) bond motifs is 2. The molecular weight excluding hydrogens is 393 g/mol. The molecule has 1 unspecified atom stereocenters. The topological polar surface area (TPSA) is 50.5 Å². The third kappa shape index (κ3) is 3.05. The molecule has 4 nitrogen and oxygen atoms in total. The number of carbonyl (C=O) groups excluding carboxylic acids is 1. The maximum absolute atomic E-state index is 13.6. The van der Waals surface area contributed by atoms with Crippen LogP contribution in [0.5, 0.6) is 0 Å². The van der Waals surface area contributed by atoms with E-state index in [4.69, 9.17) is 4.42 Å². The average molecular weight is 413 g/mol. The lowest BCUT2D eigenvalue weighted by Crippen LogP contribution is -2.29. The number of hydrogen-bond donors (Lipinski definition) is 0. The van der Waals surface area contributed by atoms with Crippen LogP contribution in [0.4, 0.5) is 10.1 Å². The zero-order valence-corrected chi connectivity index (χ0v) is 17.2. The second-order valence-electron chi connectivity index (χ2n) is 7.82. The van der Waals surface area contributed by atoms with Gasteiger partial charge in [0.2, 0.25) is 5.76 Å². The molecule has 0 radical (unpaired) electrons. The third-order valence-corrected chi connectivity index (χ3v) is 5.83. The highest BCUT2D eigenvalue weighted by Crippen LogP contribution is 2.41. The first-order chi connectivity index (χ1) is 15.0. The molecule has 3 aromatic carbocycles. The standard InChI is InChI=1S/C26H20FNO3/c1-3-16-5-7-17(8-6-16)23-22-24(29)20-14-15(2)4-13-21(20)31-25(22)26(30)28(23)19-11-9-18(27)10-12-19/h4-14,23H,3H2,1-2H3. The first-order valence-corrected chi connectivity index (χ1v) is 10.2. The molecule has 0 fully saturated rings. The first kappa shape index (κ1) is 19.2. The van der Waals surface area contributed by atoms with Crippen molar-refractivity contribution in [2.24, 2.45) is 0 Å². The third-order valence-electron chi connectivity index (χ3n) is 5.83. The number of carbonyl (C=O) groups is 1. The van der Waals surface area contributed by atoms with Crippen molar-refractivity contribution in [2.45, 2.75) is 26.3 Å². The van der Waals surface area contributed by atoms with E-state index < -0.39 is 17.8 Å². The van der Waals surface area contributed by atoms with Crippen molar-refractivity contribution >= 4 is 22.6 Å². The summed E-state index contributed by atoms with van der Waals surface area (Å²) in [4.78, 5) is 28.5. The fourth-order valence-corrected chi connectivity index (χ4v) is 4.21. The van der Waals surface area contributed by atoms with Crippen LogP contribution >= 0.6 is 0 Å². The zero-order chi connectivity index (χ0) is 21.7. The predicted molar refractivity (Wildman–Crippen MR) is 118 cm³/mol. The van der Waals surface area contributed by atoms with Crippen molar-refractivity contribution in [3.8, 4) is 0 Å². The molecule has 31 heavy (non-hydrogen) atoms. The first-order valence-electron chi connectivity index (χ1n) is 10.2. The van der Waals surface area contributed by atoms with Gasteiger partial charge >= 0.3 is 0 Å². The smallest absolute Gasteiger partial charge is 0.295 e. The minimum Gasteiger partial charge on any atom is -0.450 e. The van der Waals surface area contributed by atoms with Gasteiger partial charge in [0.05, 0.1) is 17.0 Å². The van der Waals surface area contributed by atoms with E-state index in [1.54, 1.807) is 24.3 Å². The van der Waals surface area contributed by atoms with Gasteiger partial charge in [-0.3, -0.25) is 14.5 Å². The zero-order valence-electron chi connectivity index (χ0n) is 17.2. The van der Waals surface area contributed by atoms with Crippen LogP contribution in [0.2, 0.25) is 0 Å². The Morgan fingerprint density at radius 3 is 2.35 bits per heavy atom. The van der Waals surface area contributed by atoms with Crippen molar-refractivity contribution in [2.75, 3.05) is 4.90 Å². The van der Waals surface area contributed by atoms with E-state index in [0.717, 1.165) is 23.1 Å². The maximum atomic E-state index is 13.6. The number of halogens is 1. The van der Waals surface area contributed by atoms with Gasteiger partial charge < -0.3 is 4.42 Å². The predicted octanol–water partition coefficient (Wildman–Crippen LogP) is 5.55. The van der Waals surface area contributed by atoms with Gasteiger partial charge in [0.15, 0.2) is 5.43 Å². The minimum absolute atomic E-state index is 0.0373. The van der Waals surface area contributed by atoms with Crippen molar-refractivity contribution in [1.29, 1.82) is 0 Å². The summed E-state index contributed by atoms with van der Waals surface area (Å²) >= 11 is 0. The molecule has 1 amide bonds. The van der Waals surface area contributed by atoms with E-state index in [-0.39, 0.29) is 11.2 Å². The van der Waals surface area contributed by atoms with E-state index >= 15 is 0 Å². The highest BCUT2D eigenvalue weighted by atomic mass is 19.1. The molecule has 5 heteroatoms. The van der Waals surface area contributed by atoms with Gasteiger partial charge in [-0.1, -0.05) is 42.8 Å². The molecule has 0 spiro atoms. The fraction of sp³-hybridized carbons (Fsp3) is 0.154. The quantitative estimate of drug-likeness (QED) is 0.442. The molecule has 0 saturated carbocycles. The van der Waals surface area contributed by atoms with E-state index in [9.17, 15) is 14.0 Å². The molecule has 0 saturated heterocycles. The highest BCUT2D eigenvalue weighted by Gasteiger charge is 2.43. The summed E-state index contributed by atoms with van der Waals surface area (Å²) in [7, 11) is 0. The Labute approximate surface area is 178 Å². The number of benzene rings is 3. The van der Waals surface area contributed by atoms with E-state index in [1.165, 1.54) is 17.0 Å². The van der Waals surface area contributed by atoms with Crippen LogP contribution in [0.3, 0.4) is 0 Å². The summed E-state index contributed by atoms with van der Waals surface area (Å²) in [5.41, 5.74) is 3.86. The van der Waals surface area contributed by atoms with Crippen LogP contribution in [-0.2, 0) is 6.42 Å². The Kier molecular flexibility index (Phi) is 4.47. The Bertz CT molecular complexity index is 1370. The molecule has 1 aliphatic heterocycles. The molecule has 1 aliphatic rings. The molecule has 0 N–H and O–H groups in total. The lowest BCUT2D eigenvalue weighted by Gasteiger charge is -2.25. The molecule has 154 valence electrons. The molecule has 2 heterocycles. The second kappa shape index (κ2) is 7.20. The van der Waals surface area contributed by atoms with Crippen LogP contribution in [0.1, 0.15) is 45.8 Å². The van der Waals surface area contributed by atoms with Gasteiger partial charge in [-0.15, -0.1) is 0 Å². The average Bonchev–Trinajstić information content (AvgIpc) is 3.07. The Morgan fingerprint density at radius 1 is 0.968 bits per heavy atom. The minimum atomic E-state index is -0.653. The molecule has 0 aliphatic carbocycles. The number of hydrogen-bond acceptors (Lipinski definition) is 3. The molecule has 5 rings (SSSR count). The largest absolute Gasteiger partial charge is 0.450 e. The van der Waals surface area contributed by atoms with Gasteiger partial charge in [0, 0.05) is 5.69 Å². The molecule has 1 aromatic heterocycles. The summed E-state index contributed by atoms with van der Waals surface area (Å²) in [6.45, 7) is 3.97. The lowest BCUT2D eigenvalue weighted by atomic mass is 9.96. The normalized spacial score (nSPS) is 15.5. The Balaban J connectivity index is 1.79. The maximum Gasteiger partial charge on any atom is 0.295 e. The fourth-order valence-electron chi connectivity index (χ4n) is 4.21. The molecule has 4 aromatic rings. The number of nitrogens with zero attached hydrogens (tertiary/aromatic N) is 1. The van der Waals surface area contributed by atoms with Crippen LogP contribution in [-0.4, -0.2) is 5.91 Å². The summed E-state index contributed by atoms with van der Waals surface area (Å²) in [6, 6.07) is 18.2. The van der Waals surface area contributed by atoms with Gasteiger partial charge in [-0.05, 0) is 60.9 Å². The van der Waals surface area contributed by atoms with E-state index in [1.807, 2.05) is 37.3 Å². The number of rotatable bonds is 3. The lowest BCUT2D eigenvalue weighted by molar-refractivity contribution is 0.0971. The van der Waals surface area contributed by atoms with Crippen molar-refractivity contribution in [1.82, 2.24) is 0 Å². The number of aryl methyl sites for hydroxylation is 2. The van der Waals surface area contributed by atoms with Gasteiger partial charge in [0.25, 0.3) is 5.91 Å². The highest BCUT2D eigenvalue weighted by molar-refractivity contribution is 6.10. The summed E-state index contributed by atoms with van der Waals surface area (Å²) in [5, 5.41) is 0.447.